The van der Waals surface area contributed by atoms with E-state index in [4.69, 9.17) is 15.2 Å². The van der Waals surface area contributed by atoms with Gasteiger partial charge in [0.05, 0.1) is 11.1 Å². The quantitative estimate of drug-likeness (QED) is 0.154. The number of nitrogen functional groups attached to an aromatic ring is 1. The normalized spacial score (nSPS) is 13.4. The van der Waals surface area contributed by atoms with Crippen molar-refractivity contribution in [2.75, 3.05) is 64.8 Å². The van der Waals surface area contributed by atoms with E-state index in [1.165, 1.54) is 24.3 Å². The third kappa shape index (κ3) is 8.62. The molecule has 2 aromatic carbocycles. The van der Waals surface area contributed by atoms with Crippen molar-refractivity contribution in [1.29, 1.82) is 0 Å². The number of likely N-dealkylation sites (N-methyl/N-ethyl adjacent to an activating group) is 2. The summed E-state index contributed by atoms with van der Waals surface area (Å²) in [5.74, 6) is 0.101. The van der Waals surface area contributed by atoms with Gasteiger partial charge in [-0.3, -0.25) is 9.59 Å². The Labute approximate surface area is 334 Å². The number of nitrogens with zero attached hydrogens (tertiary/aromatic N) is 6. The first kappa shape index (κ1) is 40.8. The van der Waals surface area contributed by atoms with Gasteiger partial charge in [-0.15, -0.1) is 0 Å². The minimum Gasteiger partial charge on any atom is -0.488 e. The highest BCUT2D eigenvalue weighted by Crippen LogP contribution is 2.32. The third-order valence-corrected chi connectivity index (χ3v) is 10.1. The van der Waals surface area contributed by atoms with Crippen LogP contribution in [0, 0.1) is 11.6 Å². The molecule has 3 N–H and O–H groups in total. The van der Waals surface area contributed by atoms with Crippen LogP contribution in [0.4, 0.5) is 34.9 Å². The van der Waals surface area contributed by atoms with E-state index >= 15 is 0 Å². The molecular formula is C40H41BrF4N8O4. The van der Waals surface area contributed by atoms with Crippen LogP contribution in [0.2, 0.25) is 0 Å². The predicted octanol–water partition coefficient (Wildman–Crippen LogP) is 7.15. The summed E-state index contributed by atoms with van der Waals surface area (Å²) >= 11 is 3.09. The lowest BCUT2D eigenvalue weighted by atomic mass is 10.0. The lowest BCUT2D eigenvalue weighted by Crippen LogP contribution is -2.34. The number of hydrogen-bond acceptors (Lipinski definition) is 8. The standard InChI is InChI=1S/C20H20F2N4O2.C12H14N4O.C8H7BrF2O/c1-25-9-7-15-18(20(25)27)13-4-6-17(24-19(13)26(15)2)23-12-3-5-16(14(22)11-12)28-10-8-21;1-15-6-5-8-10(12(15)17)7-3-4-9(13)14-11(7)16(8)2;9-6-1-2-8(7(11)5-6)12-4-3-10/h3-6,11H,7-10H2,1-2H3,(H,23,24);3-4H,5-6H2,1-2H3,(H2,13,14);1-2,5H,3-4H2. The number of carbonyl (C=O) groups excluding carboxylic acids is 2. The summed E-state index contributed by atoms with van der Waals surface area (Å²) in [7, 11) is 7.46. The van der Waals surface area contributed by atoms with Crippen molar-refractivity contribution in [3.63, 3.8) is 0 Å². The molecule has 0 unspecified atom stereocenters. The van der Waals surface area contributed by atoms with Crippen molar-refractivity contribution in [2.24, 2.45) is 14.1 Å². The van der Waals surface area contributed by atoms with Gasteiger partial charge in [-0.05, 0) is 54.6 Å². The van der Waals surface area contributed by atoms with Crippen LogP contribution in [0.25, 0.3) is 22.1 Å². The molecule has 0 spiro atoms. The molecule has 0 atom stereocenters. The van der Waals surface area contributed by atoms with E-state index in [2.05, 4.69) is 31.2 Å². The van der Waals surface area contributed by atoms with Crippen LogP contribution >= 0.6 is 15.9 Å². The molecule has 2 aliphatic heterocycles. The predicted molar refractivity (Wildman–Crippen MR) is 214 cm³/mol. The molecular weight excluding hydrogens is 812 g/mol. The Hall–Kier alpha value is -5.84. The molecule has 0 saturated heterocycles. The Morgan fingerprint density at radius 1 is 0.719 bits per heavy atom. The van der Waals surface area contributed by atoms with Crippen molar-refractivity contribution in [3.05, 3.63) is 99.3 Å². The molecule has 0 radical (unpaired) electrons. The molecule has 17 heteroatoms. The molecule has 4 aromatic heterocycles. The Kier molecular flexibility index (Phi) is 12.6. The lowest BCUT2D eigenvalue weighted by molar-refractivity contribution is 0.0774. The summed E-state index contributed by atoms with van der Waals surface area (Å²) < 4.78 is 65.1. The van der Waals surface area contributed by atoms with Gasteiger partial charge >= 0.3 is 0 Å². The van der Waals surface area contributed by atoms with Crippen LogP contribution in [0.5, 0.6) is 11.5 Å². The van der Waals surface area contributed by atoms with Crippen molar-refractivity contribution >= 4 is 67.1 Å². The van der Waals surface area contributed by atoms with Crippen LogP contribution in [0.1, 0.15) is 32.1 Å². The van der Waals surface area contributed by atoms with Gasteiger partial charge in [0.2, 0.25) is 0 Å². The highest BCUT2D eigenvalue weighted by molar-refractivity contribution is 9.10. The number of halogens is 5. The van der Waals surface area contributed by atoms with Gasteiger partial charge < -0.3 is 39.5 Å². The number of aromatic nitrogens is 4. The third-order valence-electron chi connectivity index (χ3n) is 9.59. The summed E-state index contributed by atoms with van der Waals surface area (Å²) in [5, 5.41) is 4.76. The summed E-state index contributed by atoms with van der Waals surface area (Å²) in [4.78, 5) is 37.1. The van der Waals surface area contributed by atoms with Crippen LogP contribution < -0.4 is 20.5 Å². The number of carbonyl (C=O) groups is 2. The molecule has 6 heterocycles. The fourth-order valence-electron chi connectivity index (χ4n) is 6.71. The first-order chi connectivity index (χ1) is 27.3. The van der Waals surface area contributed by atoms with Crippen LogP contribution in [0.15, 0.2) is 65.1 Å². The Morgan fingerprint density at radius 3 is 1.75 bits per heavy atom. The van der Waals surface area contributed by atoms with Crippen molar-refractivity contribution < 1.29 is 36.6 Å². The number of nitrogens with one attached hydrogen (secondary N) is 1. The Bertz CT molecular complexity index is 2460. The van der Waals surface area contributed by atoms with Gasteiger partial charge in [-0.1, -0.05) is 15.9 Å². The Morgan fingerprint density at radius 2 is 1.23 bits per heavy atom. The average Bonchev–Trinajstić information content (AvgIpc) is 3.64. The summed E-state index contributed by atoms with van der Waals surface area (Å²) in [6.45, 7) is -0.160. The average molecular weight is 854 g/mol. The monoisotopic (exact) mass is 852 g/mol. The fourth-order valence-corrected chi connectivity index (χ4v) is 7.05. The van der Waals surface area contributed by atoms with E-state index in [0.717, 1.165) is 52.8 Å². The second-order valence-electron chi connectivity index (χ2n) is 13.3. The molecule has 0 fully saturated rings. The molecule has 300 valence electrons. The Balaban J connectivity index is 0.000000160. The molecule has 0 saturated carbocycles. The summed E-state index contributed by atoms with van der Waals surface area (Å²) in [6, 6.07) is 16.0. The van der Waals surface area contributed by atoms with Gasteiger partial charge in [0.25, 0.3) is 11.8 Å². The van der Waals surface area contributed by atoms with E-state index in [0.29, 0.717) is 39.6 Å². The fraction of sp³-hybridized carbons (Fsp3) is 0.300. The number of pyridine rings is 2. The zero-order valence-electron chi connectivity index (χ0n) is 31.7. The highest BCUT2D eigenvalue weighted by atomic mass is 79.9. The molecule has 12 nitrogen and oxygen atoms in total. The van der Waals surface area contributed by atoms with E-state index in [1.807, 2.05) is 42.4 Å². The minimum absolute atomic E-state index is 0.000276. The number of rotatable bonds is 8. The number of hydrogen-bond donors (Lipinski definition) is 2. The molecule has 2 amide bonds. The topological polar surface area (TPSA) is 133 Å². The number of benzene rings is 2. The van der Waals surface area contributed by atoms with Gasteiger partial charge in [0, 0.05) is 92.5 Å². The number of amides is 2. The first-order valence-electron chi connectivity index (χ1n) is 17.9. The molecule has 6 aromatic rings. The number of aryl methyl sites for hydroxylation is 2. The van der Waals surface area contributed by atoms with Crippen molar-refractivity contribution in [2.45, 2.75) is 12.8 Å². The summed E-state index contributed by atoms with van der Waals surface area (Å²) in [6.07, 6.45) is 1.64. The van der Waals surface area contributed by atoms with Crippen LogP contribution in [-0.4, -0.2) is 94.5 Å². The van der Waals surface area contributed by atoms with Crippen molar-refractivity contribution in [3.8, 4) is 11.5 Å². The zero-order valence-corrected chi connectivity index (χ0v) is 33.3. The largest absolute Gasteiger partial charge is 0.488 e. The van der Waals surface area contributed by atoms with Crippen LogP contribution in [-0.2, 0) is 26.9 Å². The molecule has 0 bridgehead atoms. The summed E-state index contributed by atoms with van der Waals surface area (Å²) in [5.41, 5.74) is 11.2. The molecule has 8 rings (SSSR count). The van der Waals surface area contributed by atoms with Crippen molar-refractivity contribution in [1.82, 2.24) is 28.9 Å². The van der Waals surface area contributed by atoms with Crippen LogP contribution in [0.3, 0.4) is 0 Å². The van der Waals surface area contributed by atoms with Gasteiger partial charge in [-0.2, -0.15) is 0 Å². The number of alkyl halides is 2. The minimum atomic E-state index is -0.678. The lowest BCUT2D eigenvalue weighted by Gasteiger charge is -2.23. The van der Waals surface area contributed by atoms with E-state index in [-0.39, 0.29) is 36.5 Å². The maximum atomic E-state index is 14.1. The van der Waals surface area contributed by atoms with E-state index in [1.54, 1.807) is 41.1 Å². The maximum absolute atomic E-state index is 14.1. The SMILES string of the molecule is CN1CCc2c(c3ccc(N)nc3n2C)C1=O.CN1CCc2c(c3ccc(Nc4ccc(OCCF)c(F)c4)nc3n2C)C1=O.FCCOc1ccc(Br)cc1F. The van der Waals surface area contributed by atoms with E-state index in [9.17, 15) is 27.2 Å². The first-order valence-corrected chi connectivity index (χ1v) is 18.7. The molecule has 0 aliphatic carbocycles. The smallest absolute Gasteiger partial charge is 0.256 e. The zero-order chi connectivity index (χ0) is 41.0. The second-order valence-corrected chi connectivity index (χ2v) is 14.2. The highest BCUT2D eigenvalue weighted by Gasteiger charge is 2.29. The number of anilines is 3. The van der Waals surface area contributed by atoms with E-state index < -0.39 is 25.0 Å². The van der Waals surface area contributed by atoms with Gasteiger partial charge in [0.15, 0.2) is 23.1 Å². The molecule has 2 aliphatic rings. The number of nitrogens with two attached hydrogens (primary N) is 1. The number of fused-ring (bicyclic) bond motifs is 6. The van der Waals surface area contributed by atoms with Gasteiger partial charge in [0.1, 0.15) is 49.5 Å². The van der Waals surface area contributed by atoms with Gasteiger partial charge in [-0.25, -0.2) is 27.5 Å². The molecule has 57 heavy (non-hydrogen) atoms. The maximum Gasteiger partial charge on any atom is 0.256 e. The second kappa shape index (κ2) is 17.5. The number of ether oxygens (including phenoxy) is 2.